The van der Waals surface area contributed by atoms with Gasteiger partial charge in [-0.2, -0.15) is 0 Å². The minimum Gasteiger partial charge on any atom is -0.487 e. The summed E-state index contributed by atoms with van der Waals surface area (Å²) in [5.41, 5.74) is 5.21. The van der Waals surface area contributed by atoms with Crippen LogP contribution in [0.1, 0.15) is 49.0 Å². The van der Waals surface area contributed by atoms with Gasteiger partial charge in [0.25, 0.3) is 5.56 Å². The Morgan fingerprint density at radius 2 is 1.77 bits per heavy atom. The molecule has 0 saturated carbocycles. The highest BCUT2D eigenvalue weighted by Crippen LogP contribution is 2.28. The molecule has 0 bridgehead atoms. The van der Waals surface area contributed by atoms with Crippen LogP contribution in [0, 0.1) is 20.8 Å². The van der Waals surface area contributed by atoms with E-state index in [2.05, 4.69) is 30.7 Å². The van der Waals surface area contributed by atoms with Crippen molar-refractivity contribution in [2.45, 2.75) is 53.6 Å². The molecule has 0 aliphatic rings. The lowest BCUT2D eigenvalue weighted by atomic mass is 9.95. The van der Waals surface area contributed by atoms with Gasteiger partial charge in [0.1, 0.15) is 23.2 Å². The van der Waals surface area contributed by atoms with E-state index in [0.29, 0.717) is 35.1 Å². The number of ether oxygens (including phenoxy) is 1. The molecule has 0 saturated heterocycles. The van der Waals surface area contributed by atoms with E-state index in [1.54, 1.807) is 23.0 Å². The second-order valence-electron chi connectivity index (χ2n) is 9.75. The Labute approximate surface area is 210 Å². The smallest absolute Gasteiger partial charge is 0.277 e. The summed E-state index contributed by atoms with van der Waals surface area (Å²) in [6.45, 7) is 12.3. The second kappa shape index (κ2) is 9.62. The van der Waals surface area contributed by atoms with Gasteiger partial charge in [-0.3, -0.25) is 14.3 Å². The minimum atomic E-state index is -0.343. The summed E-state index contributed by atoms with van der Waals surface area (Å²) >= 11 is 6.50. The first-order chi connectivity index (χ1) is 16.5. The Kier molecular flexibility index (Phi) is 6.77. The zero-order valence-electron chi connectivity index (χ0n) is 20.9. The van der Waals surface area contributed by atoms with Crippen molar-refractivity contribution in [3.05, 3.63) is 98.4 Å². The maximum atomic E-state index is 13.4. The number of pyridine rings is 2. The van der Waals surface area contributed by atoms with Gasteiger partial charge in [-0.15, -0.1) is 0 Å². The van der Waals surface area contributed by atoms with Gasteiger partial charge in [-0.05, 0) is 44.0 Å². The van der Waals surface area contributed by atoms with Crippen LogP contribution < -0.4 is 10.3 Å². The van der Waals surface area contributed by atoms with Crippen LogP contribution in [0.4, 0.5) is 0 Å². The number of aryl methyl sites for hydroxylation is 3. The van der Waals surface area contributed by atoms with Crippen LogP contribution >= 0.6 is 11.6 Å². The summed E-state index contributed by atoms with van der Waals surface area (Å²) in [6.07, 6.45) is 3.48. The third-order valence-electron chi connectivity index (χ3n) is 5.68. The summed E-state index contributed by atoms with van der Waals surface area (Å²) in [4.78, 5) is 27.0. The molecule has 4 rings (SSSR count). The average Bonchev–Trinajstić information content (AvgIpc) is 2.81. The van der Waals surface area contributed by atoms with Gasteiger partial charge in [0, 0.05) is 29.6 Å². The molecule has 4 aromatic rings. The number of nitrogens with zero attached hydrogens (tertiary/aromatic N) is 4. The molecule has 3 heterocycles. The Morgan fingerprint density at radius 1 is 1.00 bits per heavy atom. The Bertz CT molecular complexity index is 1450. The van der Waals surface area contributed by atoms with Gasteiger partial charge in [0.05, 0.1) is 17.1 Å². The van der Waals surface area contributed by atoms with Crippen molar-refractivity contribution in [1.82, 2.24) is 19.5 Å². The van der Waals surface area contributed by atoms with Gasteiger partial charge in [-0.1, -0.05) is 62.2 Å². The van der Waals surface area contributed by atoms with Gasteiger partial charge in [0.2, 0.25) is 0 Å². The lowest BCUT2D eigenvalue weighted by Gasteiger charge is -2.18. The fraction of sp³-hybridized carbons (Fsp3) is 0.286. The summed E-state index contributed by atoms with van der Waals surface area (Å²) in [5.74, 6) is 1.09. The Hall–Kier alpha value is -3.51. The molecule has 0 fully saturated rings. The molecule has 6 nitrogen and oxygen atoms in total. The third kappa shape index (κ3) is 5.28. The number of halogens is 1. The van der Waals surface area contributed by atoms with Gasteiger partial charge in [-0.25, -0.2) is 9.97 Å². The van der Waals surface area contributed by atoms with Gasteiger partial charge < -0.3 is 4.74 Å². The number of hydrogen-bond donors (Lipinski definition) is 0. The third-order valence-corrected chi connectivity index (χ3v) is 6.03. The van der Waals surface area contributed by atoms with E-state index < -0.39 is 0 Å². The highest BCUT2D eigenvalue weighted by atomic mass is 35.5. The predicted octanol–water partition coefficient (Wildman–Crippen LogP) is 6.14. The number of benzene rings is 1. The molecule has 35 heavy (non-hydrogen) atoms. The number of rotatable bonds is 5. The molecule has 0 amide bonds. The molecule has 180 valence electrons. The SMILES string of the molecule is Cc1cccc(COc2cc(C)n(-c3cc(-c4ccnc(C(C)(C)C)n4)ncc3C)c(=O)c2Cl)c1. The molecule has 1 aromatic carbocycles. The van der Waals surface area contributed by atoms with E-state index >= 15 is 0 Å². The quantitative estimate of drug-likeness (QED) is 0.337. The lowest BCUT2D eigenvalue weighted by Crippen LogP contribution is -2.23. The molecule has 0 atom stereocenters. The van der Waals surface area contributed by atoms with Crippen molar-refractivity contribution in [3.8, 4) is 22.8 Å². The molecule has 0 N–H and O–H groups in total. The fourth-order valence-corrected chi connectivity index (χ4v) is 4.00. The van der Waals surface area contributed by atoms with Crippen LogP contribution in [0.2, 0.25) is 5.02 Å². The monoisotopic (exact) mass is 488 g/mol. The van der Waals surface area contributed by atoms with Crippen molar-refractivity contribution < 1.29 is 4.74 Å². The fourth-order valence-electron chi connectivity index (χ4n) is 3.81. The van der Waals surface area contributed by atoms with Gasteiger partial charge >= 0.3 is 0 Å². The van der Waals surface area contributed by atoms with Crippen molar-refractivity contribution in [3.63, 3.8) is 0 Å². The van der Waals surface area contributed by atoms with Crippen LogP contribution in [0.3, 0.4) is 0 Å². The topological polar surface area (TPSA) is 69.9 Å². The summed E-state index contributed by atoms with van der Waals surface area (Å²) in [5, 5.41) is 0.0399. The standard InChI is InChI=1S/C28H29ClN4O2/c1-17-8-7-9-20(12-17)16-35-24-13-19(3)33(26(34)25(24)29)23-14-22(31-15-18(23)2)21-10-11-30-27(32-21)28(4,5)6/h7-15H,16H2,1-6H3. The van der Waals surface area contributed by atoms with E-state index in [4.69, 9.17) is 21.3 Å². The number of aromatic nitrogens is 4. The van der Waals surface area contributed by atoms with Crippen LogP contribution in [-0.2, 0) is 12.0 Å². The highest BCUT2D eigenvalue weighted by Gasteiger charge is 2.20. The molecular formula is C28H29ClN4O2. The lowest BCUT2D eigenvalue weighted by molar-refractivity contribution is 0.305. The summed E-state index contributed by atoms with van der Waals surface area (Å²) < 4.78 is 7.52. The zero-order valence-corrected chi connectivity index (χ0v) is 21.6. The average molecular weight is 489 g/mol. The molecule has 0 unspecified atom stereocenters. The zero-order chi connectivity index (χ0) is 25.3. The van der Waals surface area contributed by atoms with E-state index in [-0.39, 0.29) is 16.0 Å². The molecule has 0 aliphatic heterocycles. The van der Waals surface area contributed by atoms with Crippen molar-refractivity contribution in [2.75, 3.05) is 0 Å². The normalized spacial score (nSPS) is 11.5. The maximum Gasteiger partial charge on any atom is 0.277 e. The molecule has 3 aromatic heterocycles. The largest absolute Gasteiger partial charge is 0.487 e. The van der Waals surface area contributed by atoms with Crippen LogP contribution in [0.25, 0.3) is 17.1 Å². The summed E-state index contributed by atoms with van der Waals surface area (Å²) in [7, 11) is 0. The molecule has 0 aliphatic carbocycles. The molecule has 7 heteroatoms. The van der Waals surface area contributed by atoms with E-state index in [0.717, 1.165) is 22.5 Å². The van der Waals surface area contributed by atoms with Gasteiger partial charge in [0.15, 0.2) is 0 Å². The highest BCUT2D eigenvalue weighted by molar-refractivity contribution is 6.31. The van der Waals surface area contributed by atoms with Crippen LogP contribution in [0.15, 0.2) is 59.7 Å². The number of hydrogen-bond acceptors (Lipinski definition) is 5. The first-order valence-electron chi connectivity index (χ1n) is 11.5. The Balaban J connectivity index is 1.72. The van der Waals surface area contributed by atoms with Crippen molar-refractivity contribution in [2.24, 2.45) is 0 Å². The maximum absolute atomic E-state index is 13.4. The minimum absolute atomic E-state index is 0.0399. The van der Waals surface area contributed by atoms with Crippen molar-refractivity contribution in [1.29, 1.82) is 0 Å². The predicted molar refractivity (Wildman–Crippen MR) is 140 cm³/mol. The van der Waals surface area contributed by atoms with Crippen molar-refractivity contribution >= 4 is 11.6 Å². The summed E-state index contributed by atoms with van der Waals surface area (Å²) in [6, 6.07) is 13.5. The first-order valence-corrected chi connectivity index (χ1v) is 11.8. The molecule has 0 radical (unpaired) electrons. The molecular weight excluding hydrogens is 460 g/mol. The molecule has 0 spiro atoms. The van der Waals surface area contributed by atoms with E-state index in [9.17, 15) is 4.79 Å². The Morgan fingerprint density at radius 3 is 2.49 bits per heavy atom. The second-order valence-corrected chi connectivity index (χ2v) is 10.1. The van der Waals surface area contributed by atoms with Crippen LogP contribution in [-0.4, -0.2) is 19.5 Å². The first kappa shape index (κ1) is 24.6. The van der Waals surface area contributed by atoms with E-state index in [1.807, 2.05) is 57.2 Å². The van der Waals surface area contributed by atoms with Crippen LogP contribution in [0.5, 0.6) is 5.75 Å². The van der Waals surface area contributed by atoms with E-state index in [1.165, 1.54) is 0 Å².